The number of ether oxygens (including phenoxy) is 1. The van der Waals surface area contributed by atoms with E-state index in [9.17, 15) is 14.7 Å². The zero-order chi connectivity index (χ0) is 23.5. The number of amides is 1. The van der Waals surface area contributed by atoms with Gasteiger partial charge in [-0.2, -0.15) is 0 Å². The number of aliphatic hydroxyl groups excluding tert-OH is 1. The van der Waals surface area contributed by atoms with Crippen LogP contribution in [-0.4, -0.2) is 28.4 Å². The van der Waals surface area contributed by atoms with E-state index in [1.54, 1.807) is 23.7 Å². The summed E-state index contributed by atoms with van der Waals surface area (Å²) in [6.07, 6.45) is 2.50. The number of hydrogen-bond donors (Lipinski definition) is 1. The van der Waals surface area contributed by atoms with Gasteiger partial charge >= 0.3 is 5.91 Å². The van der Waals surface area contributed by atoms with Crippen molar-refractivity contribution in [2.75, 3.05) is 11.5 Å². The molecule has 1 aromatic heterocycles. The van der Waals surface area contributed by atoms with Crippen LogP contribution >= 0.6 is 11.3 Å². The molecule has 1 unspecified atom stereocenters. The van der Waals surface area contributed by atoms with Crippen molar-refractivity contribution in [1.82, 2.24) is 4.98 Å². The molecule has 1 saturated heterocycles. The zero-order valence-electron chi connectivity index (χ0n) is 18.8. The van der Waals surface area contributed by atoms with E-state index in [0.717, 1.165) is 12.0 Å². The van der Waals surface area contributed by atoms with E-state index in [1.807, 2.05) is 43.3 Å². The smallest absolute Gasteiger partial charge is 0.301 e. The predicted octanol–water partition coefficient (Wildman–Crippen LogP) is 5.50. The van der Waals surface area contributed by atoms with Crippen LogP contribution in [0.2, 0.25) is 0 Å². The fourth-order valence-electron chi connectivity index (χ4n) is 3.73. The molecule has 33 heavy (non-hydrogen) atoms. The van der Waals surface area contributed by atoms with Gasteiger partial charge in [-0.15, -0.1) is 11.3 Å². The quantitative estimate of drug-likeness (QED) is 0.285. The standard InChI is InChI=1S/C26H26N2O4S/c1-16(2)11-13-32-20-6-4-5-19(15-20)22-21(23(29)18-9-7-17(3)8-10-18)24(30)25(31)28(22)26-27-12-14-33-26/h4-10,12,14-16,22,29H,11,13H2,1-3H3/b23-21+. The van der Waals surface area contributed by atoms with Crippen molar-refractivity contribution < 1.29 is 19.4 Å². The zero-order valence-corrected chi connectivity index (χ0v) is 19.6. The molecule has 2 aromatic carbocycles. The molecule has 0 spiro atoms. The van der Waals surface area contributed by atoms with Gasteiger partial charge in [0.25, 0.3) is 5.78 Å². The van der Waals surface area contributed by atoms with Gasteiger partial charge in [0.15, 0.2) is 5.13 Å². The normalized spacial score (nSPS) is 17.7. The summed E-state index contributed by atoms with van der Waals surface area (Å²) in [7, 11) is 0. The molecule has 1 aliphatic rings. The first-order valence-corrected chi connectivity index (χ1v) is 11.7. The third kappa shape index (κ3) is 4.68. The van der Waals surface area contributed by atoms with E-state index in [1.165, 1.54) is 16.2 Å². The Morgan fingerprint density at radius 3 is 2.61 bits per heavy atom. The van der Waals surface area contributed by atoms with Crippen LogP contribution in [0.4, 0.5) is 5.13 Å². The van der Waals surface area contributed by atoms with E-state index < -0.39 is 17.7 Å². The molecule has 1 fully saturated rings. The molecular formula is C26H26N2O4S. The molecule has 170 valence electrons. The van der Waals surface area contributed by atoms with Gasteiger partial charge in [-0.3, -0.25) is 14.5 Å². The van der Waals surface area contributed by atoms with Crippen molar-refractivity contribution in [3.63, 3.8) is 0 Å². The monoisotopic (exact) mass is 462 g/mol. The number of carbonyl (C=O) groups is 2. The summed E-state index contributed by atoms with van der Waals surface area (Å²) < 4.78 is 5.91. The number of rotatable bonds is 7. The van der Waals surface area contributed by atoms with Crippen molar-refractivity contribution >= 4 is 33.9 Å². The number of ketones is 1. The minimum absolute atomic E-state index is 0.0402. The van der Waals surface area contributed by atoms with Crippen LogP contribution in [0.25, 0.3) is 5.76 Å². The van der Waals surface area contributed by atoms with Gasteiger partial charge in [0, 0.05) is 17.1 Å². The fourth-order valence-corrected chi connectivity index (χ4v) is 4.40. The summed E-state index contributed by atoms with van der Waals surface area (Å²) in [6, 6.07) is 13.7. The highest BCUT2D eigenvalue weighted by Gasteiger charge is 2.48. The van der Waals surface area contributed by atoms with Crippen LogP contribution < -0.4 is 9.64 Å². The molecule has 6 nitrogen and oxygen atoms in total. The second-order valence-electron chi connectivity index (χ2n) is 8.45. The lowest BCUT2D eigenvalue weighted by Crippen LogP contribution is -2.29. The van der Waals surface area contributed by atoms with Gasteiger partial charge < -0.3 is 9.84 Å². The van der Waals surface area contributed by atoms with Gasteiger partial charge in [-0.05, 0) is 37.0 Å². The maximum Gasteiger partial charge on any atom is 0.301 e. The molecule has 1 amide bonds. The van der Waals surface area contributed by atoms with Crippen molar-refractivity contribution in [2.45, 2.75) is 33.2 Å². The summed E-state index contributed by atoms with van der Waals surface area (Å²) >= 11 is 1.26. The largest absolute Gasteiger partial charge is 0.507 e. The second-order valence-corrected chi connectivity index (χ2v) is 9.33. The van der Waals surface area contributed by atoms with Crippen molar-refractivity contribution in [3.05, 3.63) is 82.4 Å². The first-order chi connectivity index (χ1) is 15.9. The van der Waals surface area contributed by atoms with Crippen LogP contribution in [0.1, 0.15) is 43.0 Å². The average molecular weight is 463 g/mol. The molecule has 3 aromatic rings. The Hall–Kier alpha value is -3.45. The predicted molar refractivity (Wildman–Crippen MR) is 129 cm³/mol. The van der Waals surface area contributed by atoms with Crippen LogP contribution in [-0.2, 0) is 9.59 Å². The number of carbonyl (C=O) groups excluding carboxylic acids is 2. The van der Waals surface area contributed by atoms with Gasteiger partial charge in [-0.25, -0.2) is 4.98 Å². The third-order valence-electron chi connectivity index (χ3n) is 5.53. The first-order valence-electron chi connectivity index (χ1n) is 10.9. The maximum absolute atomic E-state index is 13.1. The molecule has 7 heteroatoms. The van der Waals surface area contributed by atoms with E-state index in [2.05, 4.69) is 18.8 Å². The number of aliphatic hydroxyl groups is 1. The molecule has 0 radical (unpaired) electrons. The molecule has 1 atom stereocenters. The Kier molecular flexibility index (Phi) is 6.60. The topological polar surface area (TPSA) is 79.7 Å². The first kappa shape index (κ1) is 22.7. The summed E-state index contributed by atoms with van der Waals surface area (Å²) in [5.41, 5.74) is 2.21. The number of aromatic nitrogens is 1. The number of benzene rings is 2. The van der Waals surface area contributed by atoms with Crippen molar-refractivity contribution in [1.29, 1.82) is 0 Å². The Morgan fingerprint density at radius 2 is 1.94 bits per heavy atom. The van der Waals surface area contributed by atoms with E-state index >= 15 is 0 Å². The van der Waals surface area contributed by atoms with Crippen LogP contribution in [0, 0.1) is 12.8 Å². The van der Waals surface area contributed by atoms with Gasteiger partial charge in [0.05, 0.1) is 18.2 Å². The fraction of sp³-hybridized carbons (Fsp3) is 0.269. The Balaban J connectivity index is 1.81. The van der Waals surface area contributed by atoms with Gasteiger partial charge in [0.1, 0.15) is 11.5 Å². The summed E-state index contributed by atoms with van der Waals surface area (Å²) in [5.74, 6) is -0.495. The SMILES string of the molecule is Cc1ccc(/C(O)=C2\C(=O)C(=O)N(c3nccs3)C2c2cccc(OCCC(C)C)c2)cc1. The Labute approximate surface area is 197 Å². The summed E-state index contributed by atoms with van der Waals surface area (Å²) in [6.45, 7) is 6.77. The molecule has 4 rings (SSSR count). The van der Waals surface area contributed by atoms with E-state index in [4.69, 9.17) is 4.74 Å². The number of aryl methyl sites for hydroxylation is 1. The summed E-state index contributed by atoms with van der Waals surface area (Å²) in [5, 5.41) is 13.3. The maximum atomic E-state index is 13.1. The van der Waals surface area contributed by atoms with Gasteiger partial charge in [-0.1, -0.05) is 55.8 Å². The average Bonchev–Trinajstić information content (AvgIpc) is 3.41. The van der Waals surface area contributed by atoms with Crippen LogP contribution in [0.3, 0.4) is 0 Å². The summed E-state index contributed by atoms with van der Waals surface area (Å²) in [4.78, 5) is 31.9. The van der Waals surface area contributed by atoms with Crippen molar-refractivity contribution in [2.24, 2.45) is 5.92 Å². The molecule has 1 aliphatic heterocycles. The number of hydrogen-bond acceptors (Lipinski definition) is 6. The minimum Gasteiger partial charge on any atom is -0.507 e. The third-order valence-corrected chi connectivity index (χ3v) is 6.30. The van der Waals surface area contributed by atoms with Crippen LogP contribution in [0.5, 0.6) is 5.75 Å². The molecular weight excluding hydrogens is 436 g/mol. The Bertz CT molecular complexity index is 1180. The molecule has 0 saturated carbocycles. The van der Waals surface area contributed by atoms with Crippen LogP contribution in [0.15, 0.2) is 65.7 Å². The molecule has 2 heterocycles. The Morgan fingerprint density at radius 1 is 1.18 bits per heavy atom. The minimum atomic E-state index is -0.814. The molecule has 0 aliphatic carbocycles. The number of Topliss-reactive ketones (excluding diaryl/α,β-unsaturated/α-hetero) is 1. The lowest BCUT2D eigenvalue weighted by atomic mass is 9.95. The number of thiazole rings is 1. The van der Waals surface area contributed by atoms with Gasteiger partial charge in [0.2, 0.25) is 0 Å². The lowest BCUT2D eigenvalue weighted by Gasteiger charge is -2.23. The highest BCUT2D eigenvalue weighted by Crippen LogP contribution is 2.43. The van der Waals surface area contributed by atoms with E-state index in [0.29, 0.717) is 34.5 Å². The number of nitrogens with zero attached hydrogens (tertiary/aromatic N) is 2. The van der Waals surface area contributed by atoms with Crippen molar-refractivity contribution in [3.8, 4) is 5.75 Å². The second kappa shape index (κ2) is 9.58. The molecule has 1 N–H and O–H groups in total. The highest BCUT2D eigenvalue weighted by molar-refractivity contribution is 7.14. The lowest BCUT2D eigenvalue weighted by molar-refractivity contribution is -0.132. The highest BCUT2D eigenvalue weighted by atomic mass is 32.1. The van der Waals surface area contributed by atoms with E-state index in [-0.39, 0.29) is 11.3 Å². The number of anilines is 1. The molecule has 0 bridgehead atoms.